The minimum atomic E-state index is -0.364. The van der Waals surface area contributed by atoms with Crippen LogP contribution < -0.4 is 10.9 Å². The van der Waals surface area contributed by atoms with E-state index in [4.69, 9.17) is 11.6 Å². The molecule has 0 aliphatic rings. The zero-order valence-electron chi connectivity index (χ0n) is 10.3. The first-order valence-electron chi connectivity index (χ1n) is 5.78. The van der Waals surface area contributed by atoms with E-state index in [1.54, 1.807) is 13.0 Å². The van der Waals surface area contributed by atoms with Crippen molar-refractivity contribution in [2.45, 2.75) is 13.3 Å². The second kappa shape index (κ2) is 6.04. The van der Waals surface area contributed by atoms with E-state index in [1.807, 2.05) is 12.1 Å². The van der Waals surface area contributed by atoms with Crippen LogP contribution in [-0.4, -0.2) is 17.4 Å². The van der Waals surface area contributed by atoms with Gasteiger partial charge in [-0.05, 0) is 37.6 Å². The van der Waals surface area contributed by atoms with Gasteiger partial charge in [0.15, 0.2) is 0 Å². The molecule has 2 aromatic rings. The van der Waals surface area contributed by atoms with Crippen molar-refractivity contribution in [3.05, 3.63) is 55.1 Å². The van der Waals surface area contributed by atoms with E-state index in [2.05, 4.69) is 10.3 Å². The zero-order chi connectivity index (χ0) is 13.8. The first-order valence-corrected chi connectivity index (χ1v) is 6.98. The fourth-order valence-corrected chi connectivity index (χ4v) is 2.72. The summed E-state index contributed by atoms with van der Waals surface area (Å²) in [6.45, 7) is 2.24. The lowest BCUT2D eigenvalue weighted by Crippen LogP contribution is -2.31. The zero-order valence-corrected chi connectivity index (χ0v) is 11.9. The summed E-state index contributed by atoms with van der Waals surface area (Å²) in [5.41, 5.74) is 0.501. The van der Waals surface area contributed by atoms with Gasteiger partial charge in [-0.15, -0.1) is 11.3 Å². The average molecular weight is 297 g/mol. The van der Waals surface area contributed by atoms with Crippen LogP contribution in [0.2, 0.25) is 4.34 Å². The summed E-state index contributed by atoms with van der Waals surface area (Å²) < 4.78 is 0.733. The maximum atomic E-state index is 11.8. The molecule has 0 bridgehead atoms. The van der Waals surface area contributed by atoms with Crippen molar-refractivity contribution in [1.82, 2.24) is 10.3 Å². The van der Waals surface area contributed by atoms with Gasteiger partial charge in [0.25, 0.3) is 11.5 Å². The third kappa shape index (κ3) is 3.68. The monoisotopic (exact) mass is 296 g/mol. The fraction of sp³-hybridized carbons (Fsp3) is 0.231. The van der Waals surface area contributed by atoms with Gasteiger partial charge >= 0.3 is 0 Å². The van der Waals surface area contributed by atoms with Crippen molar-refractivity contribution in [3.63, 3.8) is 0 Å². The van der Waals surface area contributed by atoms with Crippen LogP contribution >= 0.6 is 22.9 Å². The van der Waals surface area contributed by atoms with E-state index in [0.717, 1.165) is 14.9 Å². The topological polar surface area (TPSA) is 62.0 Å². The molecule has 4 nitrogen and oxygen atoms in total. The number of aromatic nitrogens is 1. The van der Waals surface area contributed by atoms with E-state index in [-0.39, 0.29) is 17.0 Å². The Morgan fingerprint density at radius 1 is 1.37 bits per heavy atom. The van der Waals surface area contributed by atoms with Crippen LogP contribution in [0.1, 0.15) is 20.9 Å². The van der Waals surface area contributed by atoms with Crippen LogP contribution in [-0.2, 0) is 6.42 Å². The summed E-state index contributed by atoms with van der Waals surface area (Å²) in [6.07, 6.45) is 0.701. The minimum Gasteiger partial charge on any atom is -0.352 e. The molecule has 0 aliphatic heterocycles. The number of halogens is 1. The van der Waals surface area contributed by atoms with Crippen molar-refractivity contribution in [1.29, 1.82) is 0 Å². The Labute approximate surface area is 119 Å². The summed E-state index contributed by atoms with van der Waals surface area (Å²) in [7, 11) is 0. The molecule has 0 aliphatic carbocycles. The molecule has 19 heavy (non-hydrogen) atoms. The number of aromatic amines is 1. The first kappa shape index (κ1) is 13.8. The fourth-order valence-electron chi connectivity index (χ4n) is 1.63. The van der Waals surface area contributed by atoms with Crippen LogP contribution in [0.3, 0.4) is 0 Å². The number of hydrogen-bond acceptors (Lipinski definition) is 3. The third-order valence-corrected chi connectivity index (χ3v) is 3.88. The molecule has 2 aromatic heterocycles. The highest BCUT2D eigenvalue weighted by Gasteiger charge is 2.09. The molecule has 100 valence electrons. The minimum absolute atomic E-state index is 0.134. The van der Waals surface area contributed by atoms with Crippen LogP contribution in [0, 0.1) is 6.92 Å². The Hall–Kier alpha value is -1.59. The summed E-state index contributed by atoms with van der Waals surface area (Å²) in [6, 6.07) is 6.99. The van der Waals surface area contributed by atoms with Gasteiger partial charge in [0.2, 0.25) is 0 Å². The molecule has 0 fully saturated rings. The lowest BCUT2D eigenvalue weighted by molar-refractivity contribution is 0.0952. The number of hydrogen-bond donors (Lipinski definition) is 2. The number of thiophene rings is 1. The number of pyridine rings is 1. The molecule has 0 unspecified atom stereocenters. The van der Waals surface area contributed by atoms with Crippen LogP contribution in [0.15, 0.2) is 29.1 Å². The smallest absolute Gasteiger partial charge is 0.260 e. The summed E-state index contributed by atoms with van der Waals surface area (Å²) in [5.74, 6) is -0.357. The lowest BCUT2D eigenvalue weighted by atomic mass is 10.2. The quantitative estimate of drug-likeness (QED) is 0.910. The van der Waals surface area contributed by atoms with Gasteiger partial charge in [0.05, 0.1) is 4.34 Å². The SMILES string of the molecule is Cc1ccc(C(=O)NCCc2ccc(Cl)s2)c(=O)[nH]1. The number of H-pyrrole nitrogens is 1. The molecule has 0 saturated carbocycles. The standard InChI is InChI=1S/C13H13ClN2O2S/c1-8-2-4-10(13(18)16-8)12(17)15-7-6-9-3-5-11(14)19-9/h2-5H,6-7H2,1H3,(H,15,17)(H,16,18). The van der Waals surface area contributed by atoms with Gasteiger partial charge in [-0.25, -0.2) is 0 Å². The predicted octanol–water partition coefficient (Wildman–Crippen LogP) is 2.37. The maximum Gasteiger partial charge on any atom is 0.260 e. The van der Waals surface area contributed by atoms with E-state index in [0.29, 0.717) is 13.0 Å². The number of rotatable bonds is 4. The molecule has 0 aromatic carbocycles. The van der Waals surface area contributed by atoms with Crippen molar-refractivity contribution < 1.29 is 4.79 Å². The summed E-state index contributed by atoms with van der Waals surface area (Å²) >= 11 is 7.31. The first-order chi connectivity index (χ1) is 9.06. The van der Waals surface area contributed by atoms with Crippen molar-refractivity contribution in [2.24, 2.45) is 0 Å². The Balaban J connectivity index is 1.92. The van der Waals surface area contributed by atoms with E-state index in [9.17, 15) is 9.59 Å². The van der Waals surface area contributed by atoms with Gasteiger partial charge in [0.1, 0.15) is 5.56 Å². The van der Waals surface area contributed by atoms with Crippen LogP contribution in [0.4, 0.5) is 0 Å². The second-order valence-corrected chi connectivity index (χ2v) is 5.90. The number of nitrogens with one attached hydrogen (secondary N) is 2. The van der Waals surface area contributed by atoms with Crippen molar-refractivity contribution in [2.75, 3.05) is 6.54 Å². The molecule has 6 heteroatoms. The molecule has 1 amide bonds. The Bertz CT molecular complexity index is 648. The second-order valence-electron chi connectivity index (χ2n) is 4.10. The lowest BCUT2D eigenvalue weighted by Gasteiger charge is -2.04. The van der Waals surface area contributed by atoms with E-state index in [1.165, 1.54) is 17.4 Å². The number of aryl methyl sites for hydroxylation is 1. The molecule has 0 saturated heterocycles. The Kier molecular flexibility index (Phi) is 4.39. The molecule has 0 spiro atoms. The maximum absolute atomic E-state index is 11.8. The average Bonchev–Trinajstić information content (AvgIpc) is 2.75. The van der Waals surface area contributed by atoms with Gasteiger partial charge in [-0.1, -0.05) is 11.6 Å². The third-order valence-electron chi connectivity index (χ3n) is 2.59. The highest BCUT2D eigenvalue weighted by molar-refractivity contribution is 7.16. The summed E-state index contributed by atoms with van der Waals surface area (Å²) in [4.78, 5) is 27.1. The van der Waals surface area contributed by atoms with Crippen LogP contribution in [0.5, 0.6) is 0 Å². The Morgan fingerprint density at radius 3 is 2.79 bits per heavy atom. The van der Waals surface area contributed by atoms with E-state index < -0.39 is 0 Å². The molecular weight excluding hydrogens is 284 g/mol. The van der Waals surface area contributed by atoms with Gasteiger partial charge in [-0.3, -0.25) is 9.59 Å². The largest absolute Gasteiger partial charge is 0.352 e. The van der Waals surface area contributed by atoms with Crippen molar-refractivity contribution >= 4 is 28.8 Å². The summed E-state index contributed by atoms with van der Waals surface area (Å²) in [5, 5.41) is 2.72. The van der Waals surface area contributed by atoms with E-state index >= 15 is 0 Å². The number of amides is 1. The highest BCUT2D eigenvalue weighted by atomic mass is 35.5. The van der Waals surface area contributed by atoms with Crippen molar-refractivity contribution in [3.8, 4) is 0 Å². The number of carbonyl (C=O) groups is 1. The molecule has 2 rings (SSSR count). The molecule has 2 heterocycles. The number of carbonyl (C=O) groups excluding carboxylic acids is 1. The van der Waals surface area contributed by atoms with Gasteiger partial charge < -0.3 is 10.3 Å². The molecular formula is C13H13ClN2O2S. The highest BCUT2D eigenvalue weighted by Crippen LogP contribution is 2.21. The van der Waals surface area contributed by atoms with Gasteiger partial charge in [0, 0.05) is 17.1 Å². The normalized spacial score (nSPS) is 10.4. The Morgan fingerprint density at radius 2 is 2.16 bits per heavy atom. The molecule has 2 N–H and O–H groups in total. The van der Waals surface area contributed by atoms with Gasteiger partial charge in [-0.2, -0.15) is 0 Å². The molecule has 0 radical (unpaired) electrons. The molecule has 0 atom stereocenters. The van der Waals surface area contributed by atoms with Crippen LogP contribution in [0.25, 0.3) is 0 Å². The predicted molar refractivity (Wildman–Crippen MR) is 77.2 cm³/mol.